The molecule has 22 heavy (non-hydrogen) atoms. The molecule has 0 unspecified atom stereocenters. The van der Waals surface area contributed by atoms with Crippen molar-refractivity contribution in [1.29, 1.82) is 0 Å². The van der Waals surface area contributed by atoms with Crippen LogP contribution in [0.3, 0.4) is 0 Å². The fourth-order valence-corrected chi connectivity index (χ4v) is 1.93. The highest BCUT2D eigenvalue weighted by molar-refractivity contribution is 5.68. The van der Waals surface area contributed by atoms with Crippen LogP contribution in [-0.2, 0) is 4.74 Å². The maximum atomic E-state index is 11.5. The van der Waals surface area contributed by atoms with Crippen molar-refractivity contribution in [2.45, 2.75) is 32.8 Å². The lowest BCUT2D eigenvalue weighted by molar-refractivity contribution is 0.0534. The molecule has 120 valence electrons. The fraction of sp³-hybridized carbons (Fsp3) is 0.471. The first-order valence-corrected chi connectivity index (χ1v) is 7.47. The van der Waals surface area contributed by atoms with Crippen LogP contribution < -0.4 is 14.8 Å². The topological polar surface area (TPSA) is 56.8 Å². The van der Waals surface area contributed by atoms with Crippen molar-refractivity contribution >= 4 is 12.2 Å². The molecule has 1 amide bonds. The first kappa shape index (κ1) is 16.2. The molecule has 2 rings (SSSR count). The van der Waals surface area contributed by atoms with Gasteiger partial charge in [0.15, 0.2) is 11.5 Å². The number of carbonyl (C=O) groups excluding carboxylic acids is 1. The summed E-state index contributed by atoms with van der Waals surface area (Å²) in [4.78, 5) is 11.5. The highest BCUT2D eigenvalue weighted by Crippen LogP contribution is 2.30. The SMILES string of the molecule is CC(C)(C)OC(=O)NCC=Cc1ccc2c(c1)OCCCO2. The van der Waals surface area contributed by atoms with Crippen LogP contribution >= 0.6 is 0 Å². The van der Waals surface area contributed by atoms with E-state index in [0.29, 0.717) is 19.8 Å². The molecule has 5 heteroatoms. The summed E-state index contributed by atoms with van der Waals surface area (Å²) in [5.74, 6) is 1.54. The monoisotopic (exact) mass is 305 g/mol. The van der Waals surface area contributed by atoms with Gasteiger partial charge in [0.1, 0.15) is 5.60 Å². The average Bonchev–Trinajstić information content (AvgIpc) is 2.66. The summed E-state index contributed by atoms with van der Waals surface area (Å²) >= 11 is 0. The minimum Gasteiger partial charge on any atom is -0.490 e. The van der Waals surface area contributed by atoms with E-state index in [-0.39, 0.29) is 0 Å². The Morgan fingerprint density at radius 3 is 2.73 bits per heavy atom. The molecule has 1 heterocycles. The van der Waals surface area contributed by atoms with Gasteiger partial charge in [-0.25, -0.2) is 4.79 Å². The second kappa shape index (κ2) is 7.20. The lowest BCUT2D eigenvalue weighted by Crippen LogP contribution is -2.32. The zero-order chi connectivity index (χ0) is 16.0. The van der Waals surface area contributed by atoms with Crippen molar-refractivity contribution < 1.29 is 19.0 Å². The summed E-state index contributed by atoms with van der Waals surface area (Å²) in [5.41, 5.74) is 0.512. The van der Waals surface area contributed by atoms with Gasteiger partial charge in [-0.1, -0.05) is 18.2 Å². The Kier molecular flexibility index (Phi) is 5.31. The number of amides is 1. The molecule has 1 aliphatic rings. The van der Waals surface area contributed by atoms with Gasteiger partial charge >= 0.3 is 6.09 Å². The van der Waals surface area contributed by atoms with Gasteiger partial charge in [0.25, 0.3) is 0 Å². The number of nitrogens with one attached hydrogen (secondary N) is 1. The summed E-state index contributed by atoms with van der Waals surface area (Å²) in [6.07, 6.45) is 4.25. The van der Waals surface area contributed by atoms with Crippen molar-refractivity contribution in [1.82, 2.24) is 5.32 Å². The second-order valence-electron chi connectivity index (χ2n) is 6.04. The van der Waals surface area contributed by atoms with Crippen LogP contribution in [0.2, 0.25) is 0 Å². The summed E-state index contributed by atoms with van der Waals surface area (Å²) < 4.78 is 16.4. The third-order valence-corrected chi connectivity index (χ3v) is 2.85. The quantitative estimate of drug-likeness (QED) is 0.930. The maximum Gasteiger partial charge on any atom is 0.407 e. The van der Waals surface area contributed by atoms with E-state index in [0.717, 1.165) is 23.5 Å². The third kappa shape index (κ3) is 5.31. The number of rotatable bonds is 3. The molecule has 0 bridgehead atoms. The van der Waals surface area contributed by atoms with E-state index >= 15 is 0 Å². The van der Waals surface area contributed by atoms with Gasteiger partial charge in [-0.15, -0.1) is 0 Å². The van der Waals surface area contributed by atoms with Gasteiger partial charge in [-0.2, -0.15) is 0 Å². The highest BCUT2D eigenvalue weighted by Gasteiger charge is 2.15. The van der Waals surface area contributed by atoms with Crippen LogP contribution in [0.5, 0.6) is 11.5 Å². The number of alkyl carbamates (subject to hydrolysis) is 1. The van der Waals surface area contributed by atoms with Crippen molar-refractivity contribution in [2.24, 2.45) is 0 Å². The lowest BCUT2D eigenvalue weighted by atomic mass is 10.2. The molecule has 0 fully saturated rings. The smallest absolute Gasteiger partial charge is 0.407 e. The number of hydrogen-bond donors (Lipinski definition) is 1. The highest BCUT2D eigenvalue weighted by atomic mass is 16.6. The standard InChI is InChI=1S/C17H23NO4/c1-17(2,3)22-16(19)18-9-4-6-13-7-8-14-15(12-13)21-11-5-10-20-14/h4,6-8,12H,5,9-11H2,1-3H3,(H,18,19). The van der Waals surface area contributed by atoms with E-state index in [1.165, 1.54) is 0 Å². The normalized spacial score (nSPS) is 14.5. The molecule has 0 spiro atoms. The molecular weight excluding hydrogens is 282 g/mol. The van der Waals surface area contributed by atoms with Gasteiger partial charge in [-0.05, 0) is 38.5 Å². The zero-order valence-corrected chi connectivity index (χ0v) is 13.3. The first-order chi connectivity index (χ1) is 10.4. The van der Waals surface area contributed by atoms with Gasteiger partial charge in [0, 0.05) is 13.0 Å². The van der Waals surface area contributed by atoms with E-state index in [1.807, 2.05) is 51.1 Å². The summed E-state index contributed by atoms with van der Waals surface area (Å²) in [6, 6.07) is 5.80. The molecule has 0 saturated carbocycles. The summed E-state index contributed by atoms with van der Waals surface area (Å²) in [6.45, 7) is 7.26. The van der Waals surface area contributed by atoms with Gasteiger partial charge in [0.2, 0.25) is 0 Å². The Balaban J connectivity index is 1.86. The minimum absolute atomic E-state index is 0.406. The molecule has 0 radical (unpaired) electrons. The maximum absolute atomic E-state index is 11.5. The number of ether oxygens (including phenoxy) is 3. The number of benzene rings is 1. The Morgan fingerprint density at radius 1 is 1.27 bits per heavy atom. The van der Waals surface area contributed by atoms with E-state index in [9.17, 15) is 4.79 Å². The number of hydrogen-bond acceptors (Lipinski definition) is 4. The zero-order valence-electron chi connectivity index (χ0n) is 13.3. The Morgan fingerprint density at radius 2 is 2.00 bits per heavy atom. The Labute approximate surface area is 131 Å². The fourth-order valence-electron chi connectivity index (χ4n) is 1.93. The van der Waals surface area contributed by atoms with E-state index in [1.54, 1.807) is 0 Å². The molecule has 5 nitrogen and oxygen atoms in total. The molecule has 0 aromatic heterocycles. The van der Waals surface area contributed by atoms with Gasteiger partial charge in [0.05, 0.1) is 13.2 Å². The van der Waals surface area contributed by atoms with Gasteiger partial charge in [-0.3, -0.25) is 0 Å². The van der Waals surface area contributed by atoms with Crippen LogP contribution in [0.1, 0.15) is 32.8 Å². The molecule has 1 N–H and O–H groups in total. The predicted octanol–water partition coefficient (Wildman–Crippen LogP) is 3.39. The van der Waals surface area contributed by atoms with Crippen LogP contribution in [0.25, 0.3) is 6.08 Å². The molecule has 1 aromatic carbocycles. The average molecular weight is 305 g/mol. The minimum atomic E-state index is -0.484. The van der Waals surface area contributed by atoms with Crippen LogP contribution in [-0.4, -0.2) is 31.5 Å². The first-order valence-electron chi connectivity index (χ1n) is 7.47. The largest absolute Gasteiger partial charge is 0.490 e. The van der Waals surface area contributed by atoms with Gasteiger partial charge < -0.3 is 19.5 Å². The molecule has 0 saturated heterocycles. The molecule has 1 aliphatic heterocycles. The van der Waals surface area contributed by atoms with E-state index in [2.05, 4.69) is 5.32 Å². The van der Waals surface area contributed by atoms with Crippen LogP contribution in [0, 0.1) is 0 Å². The Hall–Kier alpha value is -2.17. The number of carbonyl (C=O) groups is 1. The van der Waals surface area contributed by atoms with Crippen molar-refractivity contribution in [3.63, 3.8) is 0 Å². The van der Waals surface area contributed by atoms with Crippen molar-refractivity contribution in [3.8, 4) is 11.5 Å². The predicted molar refractivity (Wildman–Crippen MR) is 85.3 cm³/mol. The summed E-state index contributed by atoms with van der Waals surface area (Å²) in [5, 5.41) is 2.68. The molecule has 1 aromatic rings. The van der Waals surface area contributed by atoms with Crippen molar-refractivity contribution in [3.05, 3.63) is 29.8 Å². The van der Waals surface area contributed by atoms with E-state index in [4.69, 9.17) is 14.2 Å². The number of fused-ring (bicyclic) bond motifs is 1. The summed E-state index contributed by atoms with van der Waals surface area (Å²) in [7, 11) is 0. The molecule has 0 aliphatic carbocycles. The van der Waals surface area contributed by atoms with Crippen molar-refractivity contribution in [2.75, 3.05) is 19.8 Å². The van der Waals surface area contributed by atoms with Crippen LogP contribution in [0.15, 0.2) is 24.3 Å². The van der Waals surface area contributed by atoms with E-state index < -0.39 is 11.7 Å². The third-order valence-electron chi connectivity index (χ3n) is 2.85. The Bertz CT molecular complexity index is 546. The molecular formula is C17H23NO4. The lowest BCUT2D eigenvalue weighted by Gasteiger charge is -2.19. The van der Waals surface area contributed by atoms with Crippen LogP contribution in [0.4, 0.5) is 4.79 Å². The molecule has 0 atom stereocenters. The second-order valence-corrected chi connectivity index (χ2v) is 6.04.